The fourth-order valence-corrected chi connectivity index (χ4v) is 4.71. The Labute approximate surface area is 218 Å². The van der Waals surface area contributed by atoms with Crippen molar-refractivity contribution in [1.29, 1.82) is 5.26 Å². The number of hydrogen-bond acceptors (Lipinski definition) is 5. The van der Waals surface area contributed by atoms with Crippen molar-refractivity contribution in [2.45, 2.75) is 12.5 Å². The van der Waals surface area contributed by atoms with Crippen LogP contribution in [0.1, 0.15) is 23.6 Å². The predicted molar refractivity (Wildman–Crippen MR) is 143 cm³/mol. The van der Waals surface area contributed by atoms with E-state index in [1.54, 1.807) is 4.90 Å². The number of hydrogen-bond donors (Lipinski definition) is 0. The normalized spacial score (nSPS) is 14.6. The van der Waals surface area contributed by atoms with E-state index in [-0.39, 0.29) is 18.7 Å². The smallest absolute Gasteiger partial charge is 0.409 e. The highest BCUT2D eigenvalue weighted by Crippen LogP contribution is 2.30. The number of ether oxygens (including phenoxy) is 1. The van der Waals surface area contributed by atoms with Gasteiger partial charge in [-0.1, -0.05) is 72.3 Å². The SMILES string of the molecule is N#CCCN(CCOC(=O)N1CCN(C(c2ccccc2)c2ccc(Cl)cc2)CC1)c1ccccc1. The molecule has 0 aliphatic carbocycles. The van der Waals surface area contributed by atoms with Crippen LogP contribution in [0.5, 0.6) is 0 Å². The highest BCUT2D eigenvalue weighted by Gasteiger charge is 2.28. The molecule has 6 nitrogen and oxygen atoms in total. The minimum absolute atomic E-state index is 0.0983. The average molecular weight is 503 g/mol. The molecule has 7 heteroatoms. The number of rotatable bonds is 9. The zero-order valence-electron chi connectivity index (χ0n) is 20.3. The Balaban J connectivity index is 1.32. The van der Waals surface area contributed by atoms with Crippen LogP contribution in [0.4, 0.5) is 10.5 Å². The minimum Gasteiger partial charge on any atom is -0.448 e. The Morgan fingerprint density at radius 1 is 0.889 bits per heavy atom. The third kappa shape index (κ3) is 6.78. The van der Waals surface area contributed by atoms with Gasteiger partial charge in [0.25, 0.3) is 0 Å². The second-order valence-corrected chi connectivity index (χ2v) is 9.17. The Kier molecular flexibility index (Phi) is 9.21. The summed E-state index contributed by atoms with van der Waals surface area (Å²) in [5, 5.41) is 9.70. The number of benzene rings is 3. The summed E-state index contributed by atoms with van der Waals surface area (Å²) < 4.78 is 5.62. The van der Waals surface area contributed by atoms with Gasteiger partial charge in [0.15, 0.2) is 0 Å². The molecular formula is C29H31ClN4O2. The van der Waals surface area contributed by atoms with Gasteiger partial charge in [-0.3, -0.25) is 4.90 Å². The Hall–Kier alpha value is -3.53. The fraction of sp³-hybridized carbons (Fsp3) is 0.310. The van der Waals surface area contributed by atoms with E-state index < -0.39 is 0 Å². The Morgan fingerprint density at radius 3 is 2.14 bits per heavy atom. The van der Waals surface area contributed by atoms with E-state index in [2.05, 4.69) is 52.3 Å². The van der Waals surface area contributed by atoms with Gasteiger partial charge in [0.2, 0.25) is 0 Å². The van der Waals surface area contributed by atoms with E-state index in [1.165, 1.54) is 11.1 Å². The lowest BCUT2D eigenvalue weighted by Crippen LogP contribution is -2.50. The van der Waals surface area contributed by atoms with Crippen molar-refractivity contribution in [1.82, 2.24) is 9.80 Å². The van der Waals surface area contributed by atoms with Crippen LogP contribution >= 0.6 is 11.6 Å². The maximum atomic E-state index is 12.8. The maximum absolute atomic E-state index is 12.8. The maximum Gasteiger partial charge on any atom is 0.409 e. The number of amides is 1. The number of nitriles is 1. The molecule has 1 unspecified atom stereocenters. The average Bonchev–Trinajstić information content (AvgIpc) is 2.93. The van der Waals surface area contributed by atoms with Crippen molar-refractivity contribution in [3.63, 3.8) is 0 Å². The lowest BCUT2D eigenvalue weighted by Gasteiger charge is -2.39. The highest BCUT2D eigenvalue weighted by molar-refractivity contribution is 6.30. The first kappa shape index (κ1) is 25.6. The minimum atomic E-state index is -0.286. The number of carbonyl (C=O) groups is 1. The third-order valence-electron chi connectivity index (χ3n) is 6.44. The number of para-hydroxylation sites is 1. The summed E-state index contributed by atoms with van der Waals surface area (Å²) in [4.78, 5) is 19.0. The molecule has 0 saturated carbocycles. The van der Waals surface area contributed by atoms with Crippen LogP contribution in [-0.4, -0.2) is 61.8 Å². The molecule has 1 amide bonds. The monoisotopic (exact) mass is 502 g/mol. The molecule has 1 aliphatic rings. The summed E-state index contributed by atoms with van der Waals surface area (Å²) in [5.41, 5.74) is 3.42. The molecule has 0 aromatic heterocycles. The number of anilines is 1. The summed E-state index contributed by atoms with van der Waals surface area (Å²) in [7, 11) is 0. The molecular weight excluding hydrogens is 472 g/mol. The van der Waals surface area contributed by atoms with Crippen LogP contribution in [0.25, 0.3) is 0 Å². The molecule has 1 aliphatic heterocycles. The van der Waals surface area contributed by atoms with Crippen LogP contribution in [0.2, 0.25) is 5.02 Å². The summed E-state index contributed by atoms with van der Waals surface area (Å²) in [6, 6.07) is 30.6. The van der Waals surface area contributed by atoms with E-state index in [1.807, 2.05) is 48.5 Å². The molecule has 0 spiro atoms. The molecule has 3 aromatic carbocycles. The summed E-state index contributed by atoms with van der Waals surface area (Å²) >= 11 is 6.13. The standard InChI is InChI=1S/C29H31ClN4O2/c30-26-14-12-25(13-15-26)28(24-8-3-1-4-9-24)33-18-20-34(21-19-33)29(35)36-23-22-32(17-7-16-31)27-10-5-2-6-11-27/h1-6,8-15,28H,7,17-23H2. The van der Waals surface area contributed by atoms with E-state index >= 15 is 0 Å². The van der Waals surface area contributed by atoms with Gasteiger partial charge in [0.05, 0.1) is 25.1 Å². The lowest BCUT2D eigenvalue weighted by molar-refractivity contribution is 0.0700. The second-order valence-electron chi connectivity index (χ2n) is 8.73. The van der Waals surface area contributed by atoms with Crippen LogP contribution < -0.4 is 4.90 Å². The van der Waals surface area contributed by atoms with Gasteiger partial charge in [-0.15, -0.1) is 0 Å². The molecule has 0 N–H and O–H groups in total. The van der Waals surface area contributed by atoms with E-state index in [4.69, 9.17) is 21.6 Å². The van der Waals surface area contributed by atoms with Gasteiger partial charge >= 0.3 is 6.09 Å². The van der Waals surface area contributed by atoms with Crippen molar-refractivity contribution in [3.05, 3.63) is 101 Å². The number of piperazine rings is 1. The molecule has 3 aromatic rings. The summed E-state index contributed by atoms with van der Waals surface area (Å²) in [6.45, 7) is 4.12. The van der Waals surface area contributed by atoms with Crippen molar-refractivity contribution in [2.75, 3.05) is 50.8 Å². The molecule has 1 heterocycles. The van der Waals surface area contributed by atoms with Crippen LogP contribution in [0.15, 0.2) is 84.9 Å². The van der Waals surface area contributed by atoms with E-state index in [9.17, 15) is 4.79 Å². The van der Waals surface area contributed by atoms with Gasteiger partial charge in [-0.05, 0) is 35.4 Å². The summed E-state index contributed by atoms with van der Waals surface area (Å²) in [5.74, 6) is 0. The molecule has 1 atom stereocenters. The molecule has 1 saturated heterocycles. The number of nitrogens with zero attached hydrogens (tertiary/aromatic N) is 4. The fourth-order valence-electron chi connectivity index (χ4n) is 4.59. The Morgan fingerprint density at radius 2 is 1.50 bits per heavy atom. The second kappa shape index (κ2) is 13.0. The first-order chi connectivity index (χ1) is 17.7. The third-order valence-corrected chi connectivity index (χ3v) is 6.69. The summed E-state index contributed by atoms with van der Waals surface area (Å²) in [6.07, 6.45) is 0.131. The molecule has 1 fully saturated rings. The molecule has 186 valence electrons. The van der Waals surface area contributed by atoms with Gasteiger partial charge < -0.3 is 14.5 Å². The Bertz CT molecular complexity index is 1130. The number of halogens is 1. The first-order valence-electron chi connectivity index (χ1n) is 12.3. The van der Waals surface area contributed by atoms with Crippen LogP contribution in [0, 0.1) is 11.3 Å². The molecule has 0 bridgehead atoms. The van der Waals surface area contributed by atoms with Gasteiger partial charge in [0, 0.05) is 43.4 Å². The molecule has 4 rings (SSSR count). The molecule has 0 radical (unpaired) electrons. The topological polar surface area (TPSA) is 59.8 Å². The van der Waals surface area contributed by atoms with Crippen molar-refractivity contribution in [3.8, 4) is 6.07 Å². The predicted octanol–water partition coefficient (Wildman–Crippen LogP) is 5.60. The van der Waals surface area contributed by atoms with Gasteiger partial charge in [-0.25, -0.2) is 4.79 Å². The quantitative estimate of drug-likeness (QED) is 0.381. The first-order valence-corrected chi connectivity index (χ1v) is 12.7. The van der Waals surface area contributed by atoms with E-state index in [0.29, 0.717) is 32.6 Å². The zero-order valence-corrected chi connectivity index (χ0v) is 21.1. The van der Waals surface area contributed by atoms with Crippen molar-refractivity contribution >= 4 is 23.4 Å². The highest BCUT2D eigenvalue weighted by atomic mass is 35.5. The van der Waals surface area contributed by atoms with E-state index in [0.717, 1.165) is 23.8 Å². The van der Waals surface area contributed by atoms with Crippen molar-refractivity contribution in [2.24, 2.45) is 0 Å². The van der Waals surface area contributed by atoms with Gasteiger partial charge in [0.1, 0.15) is 6.61 Å². The largest absolute Gasteiger partial charge is 0.448 e. The van der Waals surface area contributed by atoms with Crippen molar-refractivity contribution < 1.29 is 9.53 Å². The van der Waals surface area contributed by atoms with Crippen LogP contribution in [0.3, 0.4) is 0 Å². The number of carbonyl (C=O) groups excluding carboxylic acids is 1. The van der Waals surface area contributed by atoms with Crippen LogP contribution in [-0.2, 0) is 4.74 Å². The molecule has 36 heavy (non-hydrogen) atoms. The lowest BCUT2D eigenvalue weighted by atomic mass is 9.96. The zero-order chi connectivity index (χ0) is 25.2. The van der Waals surface area contributed by atoms with Gasteiger partial charge in [-0.2, -0.15) is 5.26 Å².